The first-order chi connectivity index (χ1) is 14.2. The van der Waals surface area contributed by atoms with Crippen LogP contribution in [-0.2, 0) is 4.79 Å². The minimum Gasteiger partial charge on any atom is -0.388 e. The Balaban J connectivity index is 0.000000735. The quantitative estimate of drug-likeness (QED) is 0.346. The van der Waals surface area contributed by atoms with E-state index >= 15 is 0 Å². The van der Waals surface area contributed by atoms with Crippen molar-refractivity contribution in [3.63, 3.8) is 0 Å². The normalized spacial score (nSPS) is 14.7. The van der Waals surface area contributed by atoms with Gasteiger partial charge < -0.3 is 15.1 Å². The lowest BCUT2D eigenvalue weighted by molar-refractivity contribution is -0.343. The van der Waals surface area contributed by atoms with E-state index in [4.69, 9.17) is 4.79 Å². The molecule has 2 aromatic rings. The van der Waals surface area contributed by atoms with Crippen molar-refractivity contribution in [1.29, 1.82) is 0 Å². The van der Waals surface area contributed by atoms with Crippen molar-refractivity contribution in [2.24, 2.45) is 0 Å². The molecule has 0 amide bonds. The molecule has 8 heteroatoms. The molecule has 0 aliphatic carbocycles. The standard InChI is InChI=1S/C20H22BF2N3.C2H3BrO/c1-12-10-14(3)25-19(12)18(16-6-8-17(24-5)9-7-16)20-13(2)11-15(4)26(20)21(22)23;3-1-2-4/h6-11H,1-5H3,(H,24,25);2H,1H2/p+1. The molecular formula is C22H26BBrF2N3O+. The number of halogens is 3. The van der Waals surface area contributed by atoms with Gasteiger partial charge in [-0.05, 0) is 50.1 Å². The molecule has 3 rings (SSSR count). The molecule has 0 saturated carbocycles. The fourth-order valence-corrected chi connectivity index (χ4v) is 3.58. The van der Waals surface area contributed by atoms with Crippen LogP contribution in [0.25, 0.3) is 5.57 Å². The number of aromatic amines is 1. The smallest absolute Gasteiger partial charge is 0.388 e. The van der Waals surface area contributed by atoms with Gasteiger partial charge in [-0.15, -0.1) is 0 Å². The zero-order chi connectivity index (χ0) is 22.4. The summed E-state index contributed by atoms with van der Waals surface area (Å²) in [6.07, 6.45) is 2.61. The van der Waals surface area contributed by atoms with E-state index in [1.165, 1.54) is 0 Å². The Labute approximate surface area is 185 Å². The summed E-state index contributed by atoms with van der Waals surface area (Å²) in [7, 11) is -0.741. The number of hydrogen-bond donors (Lipinski definition) is 2. The zero-order valence-corrected chi connectivity index (χ0v) is 19.4. The molecular weight excluding hydrogens is 451 g/mol. The minimum absolute atomic E-state index is 0.451. The van der Waals surface area contributed by atoms with Gasteiger partial charge in [-0.3, -0.25) is 0 Å². The lowest BCUT2D eigenvalue weighted by Crippen LogP contribution is -2.25. The maximum Gasteiger partial charge on any atom is 0.934 e. The van der Waals surface area contributed by atoms with Crippen LogP contribution < -0.4 is 5.32 Å². The predicted octanol–water partition coefficient (Wildman–Crippen LogP) is 5.37. The van der Waals surface area contributed by atoms with Crippen molar-refractivity contribution in [1.82, 2.24) is 4.98 Å². The summed E-state index contributed by atoms with van der Waals surface area (Å²) in [5.74, 6) is 0. The number of aldehydes is 1. The third kappa shape index (κ3) is 5.16. The lowest BCUT2D eigenvalue weighted by atomic mass is 9.94. The number of alkyl halides is 1. The largest absolute Gasteiger partial charge is 0.934 e. The van der Waals surface area contributed by atoms with Gasteiger partial charge in [0.1, 0.15) is 6.29 Å². The number of H-pyrrole nitrogens is 1. The number of anilines is 1. The summed E-state index contributed by atoms with van der Waals surface area (Å²) < 4.78 is 28.8. The number of aromatic nitrogens is 1. The molecule has 0 spiro atoms. The van der Waals surface area contributed by atoms with Crippen LogP contribution in [0.2, 0.25) is 0 Å². The average Bonchev–Trinajstić information content (AvgIpc) is 3.20. The van der Waals surface area contributed by atoms with Gasteiger partial charge in [0.2, 0.25) is 0 Å². The summed E-state index contributed by atoms with van der Waals surface area (Å²) in [6.45, 7) is 7.58. The molecule has 2 heterocycles. The molecule has 0 radical (unpaired) electrons. The second kappa shape index (κ2) is 10.5. The molecule has 4 nitrogen and oxygen atoms in total. The first-order valence-corrected chi connectivity index (χ1v) is 10.7. The van der Waals surface area contributed by atoms with E-state index in [0.29, 0.717) is 16.7 Å². The lowest BCUT2D eigenvalue weighted by Gasteiger charge is -2.13. The first kappa shape index (κ1) is 23.8. The molecule has 0 bridgehead atoms. The van der Waals surface area contributed by atoms with Gasteiger partial charge in [-0.2, -0.15) is 0 Å². The third-order valence-electron chi connectivity index (χ3n) is 4.78. The van der Waals surface area contributed by atoms with Gasteiger partial charge in [0.15, 0.2) is 11.4 Å². The number of carbonyl (C=O) groups is 1. The van der Waals surface area contributed by atoms with Crippen molar-refractivity contribution >= 4 is 46.6 Å². The van der Waals surface area contributed by atoms with E-state index in [2.05, 4.69) is 26.2 Å². The monoisotopic (exact) mass is 476 g/mol. The molecule has 158 valence electrons. The number of nitrogens with one attached hydrogen (secondary N) is 2. The predicted molar refractivity (Wildman–Crippen MR) is 125 cm³/mol. The summed E-state index contributed by atoms with van der Waals surface area (Å²) in [5.41, 5.74) is 7.54. The van der Waals surface area contributed by atoms with Crippen molar-refractivity contribution in [2.45, 2.75) is 27.7 Å². The van der Waals surface area contributed by atoms with Crippen LogP contribution in [0.3, 0.4) is 0 Å². The number of aryl methyl sites for hydroxylation is 2. The number of allylic oxidation sites excluding steroid dienone is 2. The highest BCUT2D eigenvalue weighted by Crippen LogP contribution is 2.35. The minimum atomic E-state index is -2.60. The molecule has 30 heavy (non-hydrogen) atoms. The number of carbonyl (C=O) groups excluding carboxylic acids is 1. The van der Waals surface area contributed by atoms with E-state index < -0.39 is 7.40 Å². The molecule has 0 fully saturated rings. The third-order valence-corrected chi connectivity index (χ3v) is 5.04. The van der Waals surface area contributed by atoms with Crippen LogP contribution in [0.15, 0.2) is 47.7 Å². The fraction of sp³-hybridized carbons (Fsp3) is 0.273. The van der Waals surface area contributed by atoms with Gasteiger partial charge in [-0.25, -0.2) is 13.1 Å². The van der Waals surface area contributed by atoms with E-state index in [-0.39, 0.29) is 0 Å². The van der Waals surface area contributed by atoms with Crippen LogP contribution in [0.5, 0.6) is 0 Å². The summed E-state index contributed by atoms with van der Waals surface area (Å²) in [4.78, 5) is 12.5. The van der Waals surface area contributed by atoms with Gasteiger partial charge in [0.05, 0.1) is 16.6 Å². The molecule has 0 unspecified atom stereocenters. The summed E-state index contributed by atoms with van der Waals surface area (Å²) >= 11 is 2.88. The Morgan fingerprint density at radius 1 is 1.20 bits per heavy atom. The van der Waals surface area contributed by atoms with Crippen LogP contribution in [-0.4, -0.2) is 41.2 Å². The molecule has 0 saturated heterocycles. The first-order valence-electron chi connectivity index (χ1n) is 9.53. The van der Waals surface area contributed by atoms with E-state index in [0.717, 1.165) is 50.1 Å². The Bertz CT molecular complexity index is 1010. The Morgan fingerprint density at radius 3 is 2.23 bits per heavy atom. The zero-order valence-electron chi connectivity index (χ0n) is 17.8. The Hall–Kier alpha value is -2.48. The maximum absolute atomic E-state index is 13.8. The van der Waals surface area contributed by atoms with Gasteiger partial charge >= 0.3 is 7.40 Å². The number of hydrogen-bond acceptors (Lipinski definition) is 2. The summed E-state index contributed by atoms with van der Waals surface area (Å²) in [5, 5.41) is 3.54. The summed E-state index contributed by atoms with van der Waals surface area (Å²) in [6, 6.07) is 9.88. The Morgan fingerprint density at radius 2 is 1.80 bits per heavy atom. The fourth-order valence-electron chi connectivity index (χ4n) is 3.58. The molecule has 2 N–H and O–H groups in total. The highest BCUT2D eigenvalue weighted by atomic mass is 79.9. The van der Waals surface area contributed by atoms with Gasteiger partial charge in [0, 0.05) is 37.0 Å². The van der Waals surface area contributed by atoms with Gasteiger partial charge in [0.25, 0.3) is 0 Å². The topological polar surface area (TPSA) is 47.9 Å². The highest BCUT2D eigenvalue weighted by molar-refractivity contribution is 9.09. The molecule has 0 atom stereocenters. The maximum atomic E-state index is 13.8. The van der Waals surface area contributed by atoms with Crippen LogP contribution in [0.4, 0.5) is 14.3 Å². The molecule has 1 aliphatic rings. The van der Waals surface area contributed by atoms with E-state index in [1.54, 1.807) is 6.92 Å². The van der Waals surface area contributed by atoms with Crippen LogP contribution in [0.1, 0.15) is 36.4 Å². The van der Waals surface area contributed by atoms with Crippen molar-refractivity contribution in [3.8, 4) is 0 Å². The van der Waals surface area contributed by atoms with E-state index in [9.17, 15) is 8.63 Å². The molecule has 1 aliphatic heterocycles. The van der Waals surface area contributed by atoms with Crippen LogP contribution >= 0.6 is 15.9 Å². The number of benzene rings is 1. The average molecular weight is 477 g/mol. The second-order valence-electron chi connectivity index (χ2n) is 7.00. The van der Waals surface area contributed by atoms with Crippen LogP contribution in [0, 0.1) is 13.8 Å². The van der Waals surface area contributed by atoms with E-state index in [1.807, 2.05) is 64.2 Å². The van der Waals surface area contributed by atoms with Gasteiger partial charge in [-0.1, -0.05) is 28.1 Å². The molecule has 1 aromatic carbocycles. The number of rotatable bonds is 5. The second-order valence-corrected chi connectivity index (χ2v) is 7.65. The Kier molecular flexibility index (Phi) is 8.35. The van der Waals surface area contributed by atoms with Crippen molar-refractivity contribution in [2.75, 3.05) is 17.7 Å². The van der Waals surface area contributed by atoms with Crippen molar-refractivity contribution < 1.29 is 17.9 Å². The highest BCUT2D eigenvalue weighted by Gasteiger charge is 2.44. The SMILES string of the molecule is CNc1ccc(/C(=C2\C(C)=CC(C)=[N+]2B(F)F)c2[nH]c(C)cc2C)cc1.O=CCBr. The van der Waals surface area contributed by atoms with Crippen molar-refractivity contribution in [3.05, 3.63) is 70.2 Å². The number of nitrogens with zero attached hydrogens (tertiary/aromatic N) is 1. The molecule has 1 aromatic heterocycles.